The van der Waals surface area contributed by atoms with Gasteiger partial charge in [-0.25, -0.2) is 4.98 Å². The summed E-state index contributed by atoms with van der Waals surface area (Å²) in [4.78, 5) is 35.6. The summed E-state index contributed by atoms with van der Waals surface area (Å²) < 4.78 is 0. The van der Waals surface area contributed by atoms with Crippen LogP contribution in [0.15, 0.2) is 48.0 Å². The molecule has 2 aliphatic rings. The van der Waals surface area contributed by atoms with E-state index in [9.17, 15) is 24.9 Å². The van der Waals surface area contributed by atoms with Gasteiger partial charge in [0, 0.05) is 30.8 Å². The van der Waals surface area contributed by atoms with Crippen LogP contribution in [0.3, 0.4) is 0 Å². The first kappa shape index (κ1) is 28.2. The number of carbonyl (C=O) groups excluding carboxylic acids is 2. The lowest BCUT2D eigenvalue weighted by molar-refractivity contribution is -0.145. The number of β-amino-alcohol motifs (C(OH)–C–C–N with tert-alkyl or cyclic N) is 1. The maximum absolute atomic E-state index is 14.0. The summed E-state index contributed by atoms with van der Waals surface area (Å²) in [5.41, 5.74) is 4.01. The molecule has 1 unspecified atom stereocenters. The van der Waals surface area contributed by atoms with Crippen LogP contribution < -0.4 is 5.32 Å². The van der Waals surface area contributed by atoms with Gasteiger partial charge in [0.2, 0.25) is 5.91 Å². The molecule has 4 N–H and O–H groups in total. The minimum atomic E-state index is -1.58. The first-order valence-corrected chi connectivity index (χ1v) is 14.4. The molecule has 10 heteroatoms. The van der Waals surface area contributed by atoms with Crippen LogP contribution in [0, 0.1) is 12.8 Å². The van der Waals surface area contributed by atoms with Gasteiger partial charge in [0.15, 0.2) is 0 Å². The number of likely N-dealkylation sites (tertiary alicyclic amines) is 1. The maximum Gasteiger partial charge on any atom is 0.255 e. The normalized spacial score (nSPS) is 21.1. The fourth-order valence-corrected chi connectivity index (χ4v) is 6.67. The number of nitrogens with zero attached hydrogens (tertiary/aromatic N) is 3. The Balaban J connectivity index is 1.33. The van der Waals surface area contributed by atoms with E-state index in [0.29, 0.717) is 17.7 Å². The van der Waals surface area contributed by atoms with Gasteiger partial charge in [-0.2, -0.15) is 0 Å². The summed E-state index contributed by atoms with van der Waals surface area (Å²) in [7, 11) is 0. The van der Waals surface area contributed by atoms with Gasteiger partial charge >= 0.3 is 0 Å². The number of amides is 2. The van der Waals surface area contributed by atoms with Crippen LogP contribution in [0.4, 0.5) is 0 Å². The van der Waals surface area contributed by atoms with Crippen LogP contribution in [-0.2, 0) is 17.9 Å². The summed E-state index contributed by atoms with van der Waals surface area (Å²) in [5.74, 6) is -0.581. The molecule has 3 heterocycles. The Morgan fingerprint density at radius 2 is 2.00 bits per heavy atom. The number of benzene rings is 2. The van der Waals surface area contributed by atoms with Crippen molar-refractivity contribution in [3.05, 3.63) is 70.4 Å². The number of phenols is 1. The number of nitrogens with one attached hydrogen (secondary N) is 1. The average molecular weight is 565 g/mol. The number of hydrogen-bond acceptors (Lipinski definition) is 8. The van der Waals surface area contributed by atoms with Crippen molar-refractivity contribution < 1.29 is 24.9 Å². The van der Waals surface area contributed by atoms with Crippen LogP contribution in [0.1, 0.15) is 54.4 Å². The molecule has 4 atom stereocenters. The molecule has 1 saturated heterocycles. The fourth-order valence-electron chi connectivity index (χ4n) is 5.87. The SMILES string of the molecule is Cc1ncsc1-c1ccc(CNC(C)(O)[C@@H]2C[C@@H](O)CN2C(=O)[C@H](C(C)C)N2Cc3ccccc3C2=O)c(O)c1. The Labute approximate surface area is 238 Å². The number of hydrogen-bond donors (Lipinski definition) is 4. The van der Waals surface area contributed by atoms with Gasteiger partial charge in [0.1, 0.15) is 17.5 Å². The van der Waals surface area contributed by atoms with E-state index in [0.717, 1.165) is 21.7 Å². The van der Waals surface area contributed by atoms with Crippen molar-refractivity contribution >= 4 is 23.2 Å². The topological polar surface area (TPSA) is 126 Å². The molecule has 3 aromatic rings. The highest BCUT2D eigenvalue weighted by Crippen LogP contribution is 2.34. The highest BCUT2D eigenvalue weighted by Gasteiger charge is 2.49. The van der Waals surface area contributed by atoms with Gasteiger partial charge in [-0.15, -0.1) is 11.3 Å². The molecule has 1 aromatic heterocycles. The quantitative estimate of drug-likeness (QED) is 0.310. The van der Waals surface area contributed by atoms with E-state index in [-0.39, 0.29) is 43.0 Å². The smallest absolute Gasteiger partial charge is 0.255 e. The average Bonchev–Trinajstić information content (AvgIpc) is 3.61. The molecule has 212 valence electrons. The summed E-state index contributed by atoms with van der Waals surface area (Å²) in [6, 6.07) is 11.3. The Morgan fingerprint density at radius 3 is 2.65 bits per heavy atom. The fraction of sp³-hybridized carbons (Fsp3) is 0.433. The van der Waals surface area contributed by atoms with Crippen LogP contribution in [0.2, 0.25) is 0 Å². The zero-order valence-corrected chi connectivity index (χ0v) is 24.0. The first-order chi connectivity index (χ1) is 19.0. The molecule has 40 heavy (non-hydrogen) atoms. The molecular formula is C30H36N4O5S. The number of aryl methyl sites for hydroxylation is 1. The van der Waals surface area contributed by atoms with Crippen molar-refractivity contribution in [1.82, 2.24) is 20.1 Å². The Kier molecular flexibility index (Phi) is 7.71. The van der Waals surface area contributed by atoms with Crippen molar-refractivity contribution in [3.8, 4) is 16.2 Å². The Hall–Kier alpha value is -3.31. The Morgan fingerprint density at radius 1 is 1.25 bits per heavy atom. The molecule has 0 saturated carbocycles. The molecule has 0 radical (unpaired) electrons. The summed E-state index contributed by atoms with van der Waals surface area (Å²) >= 11 is 1.50. The molecule has 2 aliphatic heterocycles. The third-order valence-corrected chi connectivity index (χ3v) is 8.99. The number of aliphatic hydroxyl groups is 2. The predicted molar refractivity (Wildman–Crippen MR) is 152 cm³/mol. The van der Waals surface area contributed by atoms with E-state index < -0.39 is 23.9 Å². The lowest BCUT2D eigenvalue weighted by Gasteiger charge is -2.40. The molecule has 9 nitrogen and oxygen atoms in total. The monoisotopic (exact) mass is 564 g/mol. The van der Waals surface area contributed by atoms with Gasteiger partial charge < -0.3 is 25.1 Å². The van der Waals surface area contributed by atoms with Crippen molar-refractivity contribution in [2.24, 2.45) is 5.92 Å². The van der Waals surface area contributed by atoms with Gasteiger partial charge in [0.25, 0.3) is 5.91 Å². The maximum atomic E-state index is 14.0. The minimum Gasteiger partial charge on any atom is -0.508 e. The van der Waals surface area contributed by atoms with Crippen LogP contribution in [-0.4, -0.2) is 72.4 Å². The van der Waals surface area contributed by atoms with Gasteiger partial charge in [-0.3, -0.25) is 14.9 Å². The van der Waals surface area contributed by atoms with Crippen LogP contribution in [0.5, 0.6) is 5.75 Å². The van der Waals surface area contributed by atoms with E-state index in [1.807, 2.05) is 45.0 Å². The zero-order chi connectivity index (χ0) is 28.8. The van der Waals surface area contributed by atoms with Gasteiger partial charge in [0.05, 0.1) is 28.2 Å². The van der Waals surface area contributed by atoms with Crippen molar-refractivity contribution in [3.63, 3.8) is 0 Å². The van der Waals surface area contributed by atoms with Crippen molar-refractivity contribution in [2.75, 3.05) is 6.54 Å². The summed E-state index contributed by atoms with van der Waals surface area (Å²) in [6.45, 7) is 7.84. The second-order valence-electron chi connectivity index (χ2n) is 11.3. The lowest BCUT2D eigenvalue weighted by Crippen LogP contribution is -2.61. The predicted octanol–water partition coefficient (Wildman–Crippen LogP) is 3.26. The molecule has 0 bridgehead atoms. The largest absolute Gasteiger partial charge is 0.508 e. The highest BCUT2D eigenvalue weighted by atomic mass is 32.1. The van der Waals surface area contributed by atoms with Gasteiger partial charge in [-0.1, -0.05) is 44.2 Å². The second kappa shape index (κ2) is 10.9. The number of carbonyl (C=O) groups is 2. The van der Waals surface area contributed by atoms with Crippen molar-refractivity contribution in [1.29, 1.82) is 0 Å². The van der Waals surface area contributed by atoms with E-state index in [1.165, 1.54) is 16.2 Å². The van der Waals surface area contributed by atoms with E-state index in [2.05, 4.69) is 10.3 Å². The summed E-state index contributed by atoms with van der Waals surface area (Å²) in [6.07, 6.45) is -0.628. The van der Waals surface area contributed by atoms with E-state index >= 15 is 0 Å². The number of aromatic hydroxyl groups is 1. The molecule has 0 spiro atoms. The Bertz CT molecular complexity index is 1420. The van der Waals surface area contributed by atoms with Crippen LogP contribution in [0.25, 0.3) is 10.4 Å². The van der Waals surface area contributed by atoms with E-state index in [1.54, 1.807) is 35.5 Å². The highest BCUT2D eigenvalue weighted by molar-refractivity contribution is 7.13. The number of fused-ring (bicyclic) bond motifs is 1. The number of aromatic nitrogens is 1. The third kappa shape index (κ3) is 5.24. The van der Waals surface area contributed by atoms with Crippen LogP contribution >= 0.6 is 11.3 Å². The number of rotatable bonds is 8. The standard InChI is InChI=1S/C30H36N4O5S/c1-17(2)26(34-14-21-7-5-6-8-23(21)28(34)37)29(38)33-15-22(35)12-25(33)30(4,39)32-13-20-10-9-19(11-24(20)36)27-18(3)31-16-40-27/h5-11,16-17,22,25-26,32,35-36,39H,12-15H2,1-4H3/t22-,25+,26+,30?/m1/s1. The molecule has 5 rings (SSSR count). The first-order valence-electron chi connectivity index (χ1n) is 13.5. The third-order valence-electron chi connectivity index (χ3n) is 8.01. The van der Waals surface area contributed by atoms with Crippen molar-refractivity contribution in [2.45, 2.75) is 71.1 Å². The van der Waals surface area contributed by atoms with Gasteiger partial charge in [-0.05, 0) is 49.4 Å². The molecule has 2 aromatic carbocycles. The number of aliphatic hydroxyl groups excluding tert-OH is 1. The number of phenolic OH excluding ortho intramolecular Hbond substituents is 1. The zero-order valence-electron chi connectivity index (χ0n) is 23.2. The summed E-state index contributed by atoms with van der Waals surface area (Å²) in [5, 5.41) is 35.9. The number of thiazole rings is 1. The van der Waals surface area contributed by atoms with E-state index in [4.69, 9.17) is 0 Å². The minimum absolute atomic E-state index is 0.0632. The second-order valence-corrected chi connectivity index (χ2v) is 12.1. The molecule has 1 fully saturated rings. The molecule has 2 amide bonds. The molecule has 0 aliphatic carbocycles. The molecular weight excluding hydrogens is 528 g/mol. The lowest BCUT2D eigenvalue weighted by atomic mass is 9.97.